The molecular formula is C10H22O5. The quantitative estimate of drug-likeness (QED) is 0.299. The highest BCUT2D eigenvalue weighted by Gasteiger charge is 2.12. The van der Waals surface area contributed by atoms with Crippen molar-refractivity contribution >= 4 is 0 Å². The van der Waals surface area contributed by atoms with Crippen molar-refractivity contribution in [1.29, 1.82) is 0 Å². The van der Waals surface area contributed by atoms with E-state index in [1.165, 1.54) is 0 Å². The van der Waals surface area contributed by atoms with E-state index < -0.39 is 0 Å². The molecule has 0 bridgehead atoms. The van der Waals surface area contributed by atoms with Crippen LogP contribution in [0.15, 0.2) is 0 Å². The molecule has 0 rings (SSSR count). The Hall–Kier alpha value is -0.200. The lowest BCUT2D eigenvalue weighted by Crippen LogP contribution is -2.22. The van der Waals surface area contributed by atoms with Gasteiger partial charge in [-0.05, 0) is 41.5 Å². The second-order valence-electron chi connectivity index (χ2n) is 5.07. The average Bonchev–Trinajstić information content (AvgIpc) is 1.98. The van der Waals surface area contributed by atoms with Crippen LogP contribution in [0, 0.1) is 0 Å². The second-order valence-corrected chi connectivity index (χ2v) is 5.07. The molecule has 0 aromatic heterocycles. The zero-order valence-electron chi connectivity index (χ0n) is 10.5. The van der Waals surface area contributed by atoms with Gasteiger partial charge >= 0.3 is 0 Å². The lowest BCUT2D eigenvalue weighted by Gasteiger charge is -2.18. The van der Waals surface area contributed by atoms with Gasteiger partial charge in [0.25, 0.3) is 0 Å². The summed E-state index contributed by atoms with van der Waals surface area (Å²) in [5.41, 5.74) is -0.682. The summed E-state index contributed by atoms with van der Waals surface area (Å²) >= 11 is 0. The Kier molecular flexibility index (Phi) is 6.31. The van der Waals surface area contributed by atoms with E-state index in [0.717, 1.165) is 0 Å². The van der Waals surface area contributed by atoms with Gasteiger partial charge in [-0.25, -0.2) is 19.6 Å². The van der Waals surface area contributed by atoms with E-state index in [9.17, 15) is 0 Å². The van der Waals surface area contributed by atoms with Crippen LogP contribution in [0.1, 0.15) is 41.5 Å². The number of ether oxygens (including phenoxy) is 1. The zero-order chi connectivity index (χ0) is 11.9. The molecule has 0 radical (unpaired) electrons. The van der Waals surface area contributed by atoms with Crippen molar-refractivity contribution in [3.05, 3.63) is 0 Å². The summed E-state index contributed by atoms with van der Waals surface area (Å²) < 4.78 is 4.93. The van der Waals surface area contributed by atoms with Gasteiger partial charge in [0.2, 0.25) is 0 Å². The maximum Gasteiger partial charge on any atom is 0.183 e. The van der Waals surface area contributed by atoms with Crippen LogP contribution in [0.5, 0.6) is 0 Å². The van der Waals surface area contributed by atoms with Crippen molar-refractivity contribution in [2.75, 3.05) is 13.6 Å². The molecule has 92 valence electrons. The average molecular weight is 222 g/mol. The molecule has 15 heavy (non-hydrogen) atoms. The van der Waals surface area contributed by atoms with Crippen LogP contribution in [0.25, 0.3) is 0 Å². The van der Waals surface area contributed by atoms with Crippen LogP contribution >= 0.6 is 0 Å². The van der Waals surface area contributed by atoms with E-state index in [-0.39, 0.29) is 24.8 Å². The molecule has 5 heteroatoms. The third-order valence-corrected chi connectivity index (χ3v) is 0.881. The molecule has 0 unspecified atom stereocenters. The predicted molar refractivity (Wildman–Crippen MR) is 54.7 cm³/mol. The molecule has 0 N–H and O–H groups in total. The van der Waals surface area contributed by atoms with Crippen molar-refractivity contribution in [1.82, 2.24) is 0 Å². The zero-order valence-corrected chi connectivity index (χ0v) is 10.5. The molecule has 0 fully saturated rings. The van der Waals surface area contributed by atoms with Crippen molar-refractivity contribution in [3.8, 4) is 0 Å². The van der Waals surface area contributed by atoms with Crippen LogP contribution in [0.3, 0.4) is 0 Å². The first kappa shape index (κ1) is 14.8. The van der Waals surface area contributed by atoms with Crippen molar-refractivity contribution < 1.29 is 24.3 Å². The van der Waals surface area contributed by atoms with Gasteiger partial charge in [0.05, 0.1) is 11.2 Å². The van der Waals surface area contributed by atoms with E-state index in [1.54, 1.807) is 0 Å². The van der Waals surface area contributed by atoms with E-state index >= 15 is 0 Å². The fourth-order valence-corrected chi connectivity index (χ4v) is 0.504. The highest BCUT2D eigenvalue weighted by molar-refractivity contribution is 4.54. The van der Waals surface area contributed by atoms with Crippen molar-refractivity contribution in [2.45, 2.75) is 52.7 Å². The predicted octanol–water partition coefficient (Wildman–Crippen LogP) is 2.41. The molecule has 0 amide bonds. The Bertz CT molecular complexity index is 138. The minimum Gasteiger partial charge on any atom is -0.323 e. The molecule has 0 aromatic carbocycles. The molecule has 0 saturated carbocycles. The first-order valence-electron chi connectivity index (χ1n) is 4.90. The highest BCUT2D eigenvalue weighted by atomic mass is 17.2. The van der Waals surface area contributed by atoms with Gasteiger partial charge < -0.3 is 4.74 Å². The minimum atomic E-state index is -0.341. The topological polar surface area (TPSA) is 46.2 Å². The SMILES string of the molecule is CC(C)(C)OOCOCOOC(C)(C)C. The Morgan fingerprint density at radius 2 is 1.00 bits per heavy atom. The van der Waals surface area contributed by atoms with E-state index in [2.05, 4.69) is 0 Å². The largest absolute Gasteiger partial charge is 0.323 e. The summed E-state index contributed by atoms with van der Waals surface area (Å²) in [5.74, 6) is 0. The lowest BCUT2D eigenvalue weighted by atomic mass is 10.2. The second kappa shape index (κ2) is 6.40. The highest BCUT2D eigenvalue weighted by Crippen LogP contribution is 2.08. The van der Waals surface area contributed by atoms with Crippen LogP contribution in [0.2, 0.25) is 0 Å². The molecule has 0 spiro atoms. The molecule has 0 atom stereocenters. The van der Waals surface area contributed by atoms with E-state index in [4.69, 9.17) is 24.3 Å². The van der Waals surface area contributed by atoms with Gasteiger partial charge in [0.15, 0.2) is 13.6 Å². The van der Waals surface area contributed by atoms with Crippen molar-refractivity contribution in [2.24, 2.45) is 0 Å². The van der Waals surface area contributed by atoms with Gasteiger partial charge in [-0.3, -0.25) is 0 Å². The smallest absolute Gasteiger partial charge is 0.183 e. The fraction of sp³-hybridized carbons (Fsp3) is 1.00. The third-order valence-electron chi connectivity index (χ3n) is 0.881. The molecule has 0 aliphatic rings. The Morgan fingerprint density at radius 1 is 0.667 bits per heavy atom. The summed E-state index contributed by atoms with van der Waals surface area (Å²) in [6.45, 7) is 11.3. The Labute approximate surface area is 91.5 Å². The molecule has 0 aromatic rings. The summed E-state index contributed by atoms with van der Waals surface area (Å²) in [6.07, 6.45) is 0. The Balaban J connectivity index is 3.20. The van der Waals surface area contributed by atoms with Crippen LogP contribution in [-0.4, -0.2) is 24.8 Å². The normalized spacial score (nSPS) is 13.2. The standard InChI is InChI=1S/C10H22O5/c1-9(2,3)14-12-7-11-8-13-15-10(4,5)6/h7-8H2,1-6H3. The van der Waals surface area contributed by atoms with Gasteiger partial charge in [0, 0.05) is 0 Å². The van der Waals surface area contributed by atoms with Gasteiger partial charge in [-0.2, -0.15) is 0 Å². The summed E-state index contributed by atoms with van der Waals surface area (Å²) in [7, 11) is 0. The van der Waals surface area contributed by atoms with E-state index in [0.29, 0.717) is 0 Å². The van der Waals surface area contributed by atoms with Crippen LogP contribution < -0.4 is 0 Å². The van der Waals surface area contributed by atoms with Gasteiger partial charge in [-0.15, -0.1) is 0 Å². The molecule has 0 heterocycles. The lowest BCUT2D eigenvalue weighted by molar-refractivity contribution is -0.421. The maximum atomic E-state index is 4.96. The first-order chi connectivity index (χ1) is 6.71. The fourth-order valence-electron chi connectivity index (χ4n) is 0.504. The molecule has 0 aliphatic heterocycles. The molecular weight excluding hydrogens is 200 g/mol. The Morgan fingerprint density at radius 3 is 1.27 bits per heavy atom. The molecule has 0 saturated heterocycles. The molecule has 5 nitrogen and oxygen atoms in total. The van der Waals surface area contributed by atoms with Gasteiger partial charge in [-0.1, -0.05) is 0 Å². The number of rotatable bonds is 6. The molecule has 0 aliphatic carbocycles. The van der Waals surface area contributed by atoms with Crippen LogP contribution in [-0.2, 0) is 24.3 Å². The van der Waals surface area contributed by atoms with Crippen LogP contribution in [0.4, 0.5) is 0 Å². The third kappa shape index (κ3) is 13.8. The first-order valence-corrected chi connectivity index (χ1v) is 4.90. The summed E-state index contributed by atoms with van der Waals surface area (Å²) in [5, 5.41) is 0. The van der Waals surface area contributed by atoms with Gasteiger partial charge in [0.1, 0.15) is 0 Å². The number of hydrogen-bond acceptors (Lipinski definition) is 5. The minimum absolute atomic E-state index is 0.00473. The van der Waals surface area contributed by atoms with Crippen molar-refractivity contribution in [3.63, 3.8) is 0 Å². The van der Waals surface area contributed by atoms with E-state index in [1.807, 2.05) is 41.5 Å². The summed E-state index contributed by atoms with van der Waals surface area (Å²) in [4.78, 5) is 19.5. The summed E-state index contributed by atoms with van der Waals surface area (Å²) in [6, 6.07) is 0. The maximum absolute atomic E-state index is 4.96. The monoisotopic (exact) mass is 222 g/mol. The number of hydrogen-bond donors (Lipinski definition) is 0.